The van der Waals surface area contributed by atoms with Crippen molar-refractivity contribution >= 4 is 29.9 Å². The third kappa shape index (κ3) is 4.13. The Morgan fingerprint density at radius 3 is 2.70 bits per heavy atom. The summed E-state index contributed by atoms with van der Waals surface area (Å²) in [7, 11) is 7.22. The third-order valence-electron chi connectivity index (χ3n) is 5.86. The monoisotopic (exact) mass is 489 g/mol. The molecule has 27 heavy (non-hydrogen) atoms. The smallest absolute Gasteiger partial charge is 0.193 e. The summed E-state index contributed by atoms with van der Waals surface area (Å²) in [6.45, 7) is 6.12. The number of nitrogens with one attached hydrogen (secondary N) is 1. The van der Waals surface area contributed by atoms with Gasteiger partial charge in [0.15, 0.2) is 5.96 Å². The molecule has 1 N–H and O–H groups in total. The van der Waals surface area contributed by atoms with Crippen molar-refractivity contribution in [3.05, 3.63) is 23.8 Å². The summed E-state index contributed by atoms with van der Waals surface area (Å²) in [5, 5.41) is 3.68. The van der Waals surface area contributed by atoms with Crippen molar-refractivity contribution < 1.29 is 14.2 Å². The molecule has 3 unspecified atom stereocenters. The van der Waals surface area contributed by atoms with Gasteiger partial charge in [-0.15, -0.1) is 24.0 Å². The molecule has 0 aromatic heterocycles. The SMILES string of the molecule is CN=C(NC1C2CCOC2C1(C)C)N(C)Cc1ccc(OC)cc1OC.I. The van der Waals surface area contributed by atoms with E-state index in [1.165, 1.54) is 0 Å². The van der Waals surface area contributed by atoms with Crippen LogP contribution in [0.4, 0.5) is 0 Å². The lowest BCUT2D eigenvalue weighted by molar-refractivity contribution is -0.107. The van der Waals surface area contributed by atoms with Crippen molar-refractivity contribution in [3.8, 4) is 11.5 Å². The summed E-state index contributed by atoms with van der Waals surface area (Å²) in [4.78, 5) is 6.63. The van der Waals surface area contributed by atoms with Gasteiger partial charge in [0.1, 0.15) is 11.5 Å². The van der Waals surface area contributed by atoms with Crippen LogP contribution in [-0.2, 0) is 11.3 Å². The fourth-order valence-corrected chi connectivity index (χ4v) is 4.41. The van der Waals surface area contributed by atoms with Crippen LogP contribution in [0.2, 0.25) is 0 Å². The second kappa shape index (κ2) is 8.86. The molecule has 1 aliphatic carbocycles. The van der Waals surface area contributed by atoms with E-state index in [4.69, 9.17) is 14.2 Å². The zero-order valence-electron chi connectivity index (χ0n) is 17.1. The molecular weight excluding hydrogens is 457 g/mol. The molecule has 6 nitrogen and oxygen atoms in total. The Bertz CT molecular complexity index is 680. The van der Waals surface area contributed by atoms with E-state index >= 15 is 0 Å². The molecule has 152 valence electrons. The number of hydrogen-bond acceptors (Lipinski definition) is 4. The molecule has 3 atom stereocenters. The van der Waals surface area contributed by atoms with Crippen LogP contribution < -0.4 is 14.8 Å². The molecule has 1 heterocycles. The minimum absolute atomic E-state index is 0. The fraction of sp³-hybridized carbons (Fsp3) is 0.650. The zero-order valence-corrected chi connectivity index (χ0v) is 19.4. The Morgan fingerprint density at radius 1 is 1.33 bits per heavy atom. The highest BCUT2D eigenvalue weighted by atomic mass is 127. The quantitative estimate of drug-likeness (QED) is 0.392. The molecule has 2 aliphatic rings. The Balaban J connectivity index is 0.00000261. The summed E-state index contributed by atoms with van der Waals surface area (Å²) in [6, 6.07) is 6.29. The standard InChI is InChI=1S/C20H31N3O3.HI/c1-20(2)17(15-9-10-26-18(15)20)22-19(21-3)23(4)12-13-7-8-14(24-5)11-16(13)25-6;/h7-8,11,15,17-18H,9-10,12H2,1-6H3,(H,21,22);1H. The van der Waals surface area contributed by atoms with Crippen molar-refractivity contribution in [3.63, 3.8) is 0 Å². The maximum atomic E-state index is 5.90. The minimum atomic E-state index is 0. The van der Waals surface area contributed by atoms with Crippen LogP contribution >= 0.6 is 24.0 Å². The molecule has 0 spiro atoms. The molecule has 1 saturated carbocycles. The third-order valence-corrected chi connectivity index (χ3v) is 5.86. The van der Waals surface area contributed by atoms with Crippen LogP contribution in [0.5, 0.6) is 11.5 Å². The number of methoxy groups -OCH3 is 2. The average molecular weight is 489 g/mol. The van der Waals surface area contributed by atoms with Gasteiger partial charge >= 0.3 is 0 Å². The first kappa shape index (κ1) is 22.1. The highest BCUT2D eigenvalue weighted by Crippen LogP contribution is 2.52. The number of aliphatic imine (C=N–C) groups is 1. The molecule has 0 radical (unpaired) electrons. The van der Waals surface area contributed by atoms with Crippen molar-refractivity contribution in [1.29, 1.82) is 0 Å². The van der Waals surface area contributed by atoms with Crippen LogP contribution in [0.1, 0.15) is 25.8 Å². The van der Waals surface area contributed by atoms with E-state index < -0.39 is 0 Å². The van der Waals surface area contributed by atoms with E-state index in [1.807, 2.05) is 32.3 Å². The number of benzene rings is 1. The lowest BCUT2D eigenvalue weighted by Crippen LogP contribution is -2.67. The van der Waals surface area contributed by atoms with E-state index in [2.05, 4.69) is 29.1 Å². The Labute approximate surface area is 179 Å². The van der Waals surface area contributed by atoms with Gasteiger partial charge in [0.2, 0.25) is 0 Å². The number of nitrogens with zero attached hydrogens (tertiary/aromatic N) is 2. The lowest BCUT2D eigenvalue weighted by atomic mass is 9.57. The molecule has 1 aliphatic heterocycles. The van der Waals surface area contributed by atoms with Gasteiger partial charge in [-0.3, -0.25) is 4.99 Å². The summed E-state index contributed by atoms with van der Waals surface area (Å²) >= 11 is 0. The summed E-state index contributed by atoms with van der Waals surface area (Å²) in [6.07, 6.45) is 1.49. The van der Waals surface area contributed by atoms with E-state index in [-0.39, 0.29) is 29.4 Å². The molecular formula is C20H32IN3O3. The zero-order chi connectivity index (χ0) is 18.9. The summed E-state index contributed by atoms with van der Waals surface area (Å²) < 4.78 is 16.7. The van der Waals surface area contributed by atoms with Crippen LogP contribution in [0.25, 0.3) is 0 Å². The first-order chi connectivity index (χ1) is 12.4. The average Bonchev–Trinajstić information content (AvgIpc) is 3.09. The van der Waals surface area contributed by atoms with Crippen LogP contribution in [-0.4, -0.2) is 57.9 Å². The predicted molar refractivity (Wildman–Crippen MR) is 118 cm³/mol. The first-order valence-corrected chi connectivity index (χ1v) is 9.19. The highest BCUT2D eigenvalue weighted by Gasteiger charge is 2.59. The van der Waals surface area contributed by atoms with E-state index in [0.717, 1.165) is 36.0 Å². The van der Waals surface area contributed by atoms with Gasteiger partial charge in [-0.1, -0.05) is 13.8 Å². The highest BCUT2D eigenvalue weighted by molar-refractivity contribution is 14.0. The Morgan fingerprint density at radius 2 is 2.07 bits per heavy atom. The van der Waals surface area contributed by atoms with Gasteiger partial charge < -0.3 is 24.4 Å². The van der Waals surface area contributed by atoms with E-state index in [1.54, 1.807) is 14.2 Å². The maximum Gasteiger partial charge on any atom is 0.193 e. The van der Waals surface area contributed by atoms with Gasteiger partial charge in [0.25, 0.3) is 0 Å². The fourth-order valence-electron chi connectivity index (χ4n) is 4.41. The number of hydrogen-bond donors (Lipinski definition) is 1. The van der Waals surface area contributed by atoms with E-state index in [0.29, 0.717) is 24.6 Å². The molecule has 0 amide bonds. The molecule has 7 heteroatoms. The molecule has 1 aromatic carbocycles. The second-order valence-corrected chi connectivity index (χ2v) is 7.77. The largest absolute Gasteiger partial charge is 0.497 e. The van der Waals surface area contributed by atoms with Gasteiger partial charge in [0.05, 0.1) is 20.3 Å². The summed E-state index contributed by atoms with van der Waals surface area (Å²) in [5.74, 6) is 3.08. The van der Waals surface area contributed by atoms with Crippen molar-refractivity contribution in [1.82, 2.24) is 10.2 Å². The van der Waals surface area contributed by atoms with Crippen molar-refractivity contribution in [2.24, 2.45) is 16.3 Å². The normalized spacial score (nSPS) is 25.7. The Kier molecular flexibility index (Phi) is 7.24. The van der Waals surface area contributed by atoms with Gasteiger partial charge in [-0.25, -0.2) is 0 Å². The molecule has 2 fully saturated rings. The van der Waals surface area contributed by atoms with Crippen LogP contribution in [0, 0.1) is 11.3 Å². The topological polar surface area (TPSA) is 55.3 Å². The minimum Gasteiger partial charge on any atom is -0.497 e. The number of halogens is 1. The van der Waals surface area contributed by atoms with Gasteiger partial charge in [0, 0.05) is 56.3 Å². The second-order valence-electron chi connectivity index (χ2n) is 7.77. The number of guanidine groups is 1. The first-order valence-electron chi connectivity index (χ1n) is 9.19. The number of fused-ring (bicyclic) bond motifs is 1. The predicted octanol–water partition coefficient (Wildman–Crippen LogP) is 3.14. The van der Waals surface area contributed by atoms with Gasteiger partial charge in [-0.05, 0) is 18.6 Å². The van der Waals surface area contributed by atoms with Crippen LogP contribution in [0.15, 0.2) is 23.2 Å². The Hall–Kier alpha value is -1.22. The number of ether oxygens (including phenoxy) is 3. The molecule has 0 bridgehead atoms. The van der Waals surface area contributed by atoms with Crippen molar-refractivity contribution in [2.45, 2.75) is 39.0 Å². The van der Waals surface area contributed by atoms with Gasteiger partial charge in [-0.2, -0.15) is 0 Å². The van der Waals surface area contributed by atoms with Crippen LogP contribution in [0.3, 0.4) is 0 Å². The lowest BCUT2D eigenvalue weighted by Gasteiger charge is -2.55. The summed E-state index contributed by atoms with van der Waals surface area (Å²) in [5.41, 5.74) is 1.21. The maximum absolute atomic E-state index is 5.90. The molecule has 1 saturated heterocycles. The van der Waals surface area contributed by atoms with E-state index in [9.17, 15) is 0 Å². The molecule has 1 aromatic rings. The number of rotatable bonds is 5. The molecule has 3 rings (SSSR count). The van der Waals surface area contributed by atoms with Crippen molar-refractivity contribution in [2.75, 3.05) is 34.9 Å².